The molecule has 0 spiro atoms. The van der Waals surface area contributed by atoms with Crippen LogP contribution < -0.4 is 0 Å². The topological polar surface area (TPSA) is 63.4 Å². The molecule has 0 bridgehead atoms. The summed E-state index contributed by atoms with van der Waals surface area (Å²) < 4.78 is 0. The molecule has 0 aromatic heterocycles. The average Bonchev–Trinajstić information content (AvgIpc) is 1.88. The van der Waals surface area contributed by atoms with Crippen LogP contribution in [0.4, 0.5) is 5.69 Å². The Bertz CT molecular complexity index is 264. The van der Waals surface area contributed by atoms with Gasteiger partial charge in [-0.2, -0.15) is 0 Å². The molecule has 1 N–H and O–H groups in total. The van der Waals surface area contributed by atoms with Crippen LogP contribution in [0.15, 0.2) is 24.3 Å². The maximum absolute atomic E-state index is 10.0. The maximum Gasteiger partial charge on any atom is 0.273 e. The SMILES string of the molecule is O=[N+]([O-])c1cccc(O)c1.[Na]. The van der Waals surface area contributed by atoms with Crippen LogP contribution in [0.25, 0.3) is 0 Å². The third kappa shape index (κ3) is 2.88. The fraction of sp³-hybridized carbons (Fsp3) is 0. The summed E-state index contributed by atoms with van der Waals surface area (Å²) in [6.07, 6.45) is 0. The van der Waals surface area contributed by atoms with Gasteiger partial charge in [0.25, 0.3) is 5.69 Å². The largest absolute Gasteiger partial charge is 0.508 e. The van der Waals surface area contributed by atoms with Gasteiger partial charge in [0, 0.05) is 35.6 Å². The van der Waals surface area contributed by atoms with E-state index in [-0.39, 0.29) is 41.0 Å². The van der Waals surface area contributed by atoms with Gasteiger partial charge in [0.1, 0.15) is 5.75 Å². The molecule has 0 aliphatic rings. The van der Waals surface area contributed by atoms with E-state index in [0.29, 0.717) is 0 Å². The minimum atomic E-state index is -0.556. The smallest absolute Gasteiger partial charge is 0.273 e. The quantitative estimate of drug-likeness (QED) is 0.379. The Kier molecular flexibility index (Phi) is 4.10. The van der Waals surface area contributed by atoms with E-state index in [4.69, 9.17) is 5.11 Å². The van der Waals surface area contributed by atoms with Crippen molar-refractivity contribution in [3.05, 3.63) is 34.4 Å². The van der Waals surface area contributed by atoms with E-state index in [1.54, 1.807) is 0 Å². The number of nitro groups is 1. The fourth-order valence-electron chi connectivity index (χ4n) is 0.607. The molecule has 1 radical (unpaired) electrons. The number of hydrogen-bond acceptors (Lipinski definition) is 3. The van der Waals surface area contributed by atoms with Crippen LogP contribution >= 0.6 is 0 Å². The molecule has 0 aliphatic carbocycles. The van der Waals surface area contributed by atoms with Gasteiger partial charge in [-0.1, -0.05) is 6.07 Å². The molecule has 4 nitrogen and oxygen atoms in total. The number of rotatable bonds is 1. The van der Waals surface area contributed by atoms with E-state index in [0.717, 1.165) is 6.07 Å². The second-order valence-corrected chi connectivity index (χ2v) is 1.78. The summed E-state index contributed by atoms with van der Waals surface area (Å²) in [5.41, 5.74) is -0.0972. The number of nitro benzene ring substituents is 1. The second kappa shape index (κ2) is 4.33. The minimum Gasteiger partial charge on any atom is -0.508 e. The molecule has 0 aliphatic heterocycles. The van der Waals surface area contributed by atoms with Gasteiger partial charge in [0.05, 0.1) is 11.0 Å². The molecule has 11 heavy (non-hydrogen) atoms. The van der Waals surface area contributed by atoms with E-state index < -0.39 is 4.92 Å². The molecular formula is C6H5NNaO3. The van der Waals surface area contributed by atoms with Gasteiger partial charge in [-0.15, -0.1) is 0 Å². The van der Waals surface area contributed by atoms with Gasteiger partial charge in [-0.05, 0) is 6.07 Å². The number of phenols is 1. The number of hydrogen-bond donors (Lipinski definition) is 1. The molecule has 0 unspecified atom stereocenters. The van der Waals surface area contributed by atoms with Crippen LogP contribution in [-0.4, -0.2) is 39.6 Å². The van der Waals surface area contributed by atoms with Crippen molar-refractivity contribution < 1.29 is 10.0 Å². The third-order valence-corrected chi connectivity index (χ3v) is 1.04. The maximum atomic E-state index is 10.0. The molecule has 0 amide bonds. The molecule has 0 fully saturated rings. The number of aromatic hydroxyl groups is 1. The van der Waals surface area contributed by atoms with Crippen LogP contribution in [0.2, 0.25) is 0 Å². The molecule has 0 atom stereocenters. The van der Waals surface area contributed by atoms with Gasteiger partial charge in [-0.25, -0.2) is 0 Å². The standard InChI is InChI=1S/C6H5NO3.Na/c8-6-3-1-2-5(4-6)7(9)10;/h1-4,8H;. The zero-order chi connectivity index (χ0) is 7.56. The Morgan fingerprint density at radius 3 is 2.45 bits per heavy atom. The first-order valence-corrected chi connectivity index (χ1v) is 2.63. The summed E-state index contributed by atoms with van der Waals surface area (Å²) in [7, 11) is 0. The Morgan fingerprint density at radius 2 is 2.09 bits per heavy atom. The van der Waals surface area contributed by atoms with Crippen molar-refractivity contribution in [1.82, 2.24) is 0 Å². The zero-order valence-electron chi connectivity index (χ0n) is 6.02. The van der Waals surface area contributed by atoms with E-state index in [9.17, 15) is 10.1 Å². The van der Waals surface area contributed by atoms with E-state index in [1.807, 2.05) is 0 Å². The first-order valence-electron chi connectivity index (χ1n) is 2.63. The normalized spacial score (nSPS) is 8.36. The summed E-state index contributed by atoms with van der Waals surface area (Å²) in [5.74, 6) is -0.0887. The van der Waals surface area contributed by atoms with Crippen LogP contribution in [0.3, 0.4) is 0 Å². The average molecular weight is 162 g/mol. The molecule has 1 rings (SSSR count). The Labute approximate surface area is 85.3 Å². The van der Waals surface area contributed by atoms with Crippen molar-refractivity contribution >= 4 is 35.2 Å². The van der Waals surface area contributed by atoms with Gasteiger partial charge < -0.3 is 5.11 Å². The predicted molar refractivity (Wildman–Crippen MR) is 40.5 cm³/mol. The molecule has 1 aromatic carbocycles. The van der Waals surface area contributed by atoms with Gasteiger partial charge in [0.15, 0.2) is 0 Å². The fourth-order valence-corrected chi connectivity index (χ4v) is 0.607. The van der Waals surface area contributed by atoms with Crippen molar-refractivity contribution in [2.24, 2.45) is 0 Å². The summed E-state index contributed by atoms with van der Waals surface area (Å²) in [5, 5.41) is 18.8. The van der Waals surface area contributed by atoms with Gasteiger partial charge >= 0.3 is 0 Å². The monoisotopic (exact) mass is 162 g/mol. The minimum absolute atomic E-state index is 0. The number of benzene rings is 1. The molecule has 5 heteroatoms. The van der Waals surface area contributed by atoms with Crippen LogP contribution in [0.5, 0.6) is 5.75 Å². The Hall–Kier alpha value is -0.580. The summed E-state index contributed by atoms with van der Waals surface area (Å²) in [6.45, 7) is 0. The van der Waals surface area contributed by atoms with Gasteiger partial charge in [-0.3, -0.25) is 10.1 Å². The molecular weight excluding hydrogens is 157 g/mol. The molecule has 0 saturated heterocycles. The Morgan fingerprint density at radius 1 is 1.45 bits per heavy atom. The Balaban J connectivity index is 0.000001000. The first-order chi connectivity index (χ1) is 4.70. The van der Waals surface area contributed by atoms with Crippen molar-refractivity contribution in [2.45, 2.75) is 0 Å². The summed E-state index contributed by atoms with van der Waals surface area (Å²) in [4.78, 5) is 9.49. The molecule has 0 heterocycles. The van der Waals surface area contributed by atoms with Crippen molar-refractivity contribution in [1.29, 1.82) is 0 Å². The number of nitrogens with zero attached hydrogens (tertiary/aromatic N) is 1. The van der Waals surface area contributed by atoms with E-state index in [2.05, 4.69) is 0 Å². The van der Waals surface area contributed by atoms with Crippen LogP contribution in [0, 0.1) is 10.1 Å². The number of phenolic OH excluding ortho intramolecular Hbond substituents is 1. The van der Waals surface area contributed by atoms with Crippen LogP contribution in [-0.2, 0) is 0 Å². The van der Waals surface area contributed by atoms with Crippen molar-refractivity contribution in [3.63, 3.8) is 0 Å². The zero-order valence-corrected chi connectivity index (χ0v) is 8.02. The molecule has 53 valence electrons. The van der Waals surface area contributed by atoms with Crippen LogP contribution in [0.1, 0.15) is 0 Å². The van der Waals surface area contributed by atoms with E-state index in [1.165, 1.54) is 18.2 Å². The first kappa shape index (κ1) is 10.4. The van der Waals surface area contributed by atoms with Crippen molar-refractivity contribution in [3.8, 4) is 5.75 Å². The predicted octanol–water partition coefficient (Wildman–Crippen LogP) is 0.920. The third-order valence-electron chi connectivity index (χ3n) is 1.04. The van der Waals surface area contributed by atoms with Gasteiger partial charge in [0.2, 0.25) is 0 Å². The number of non-ortho nitro benzene ring substituents is 1. The molecule has 1 aromatic rings. The summed E-state index contributed by atoms with van der Waals surface area (Å²) >= 11 is 0. The molecule has 0 saturated carbocycles. The summed E-state index contributed by atoms with van der Waals surface area (Å²) in [6, 6.07) is 5.22. The van der Waals surface area contributed by atoms with E-state index >= 15 is 0 Å². The second-order valence-electron chi connectivity index (χ2n) is 1.78. The van der Waals surface area contributed by atoms with Crippen molar-refractivity contribution in [2.75, 3.05) is 0 Å².